The van der Waals surface area contributed by atoms with E-state index in [1.165, 1.54) is 0 Å². The number of carbonyl (C=O) groups is 1. The van der Waals surface area contributed by atoms with Gasteiger partial charge in [-0.15, -0.1) is 0 Å². The van der Waals surface area contributed by atoms with Crippen LogP contribution in [0.1, 0.15) is 12.5 Å². The van der Waals surface area contributed by atoms with Crippen molar-refractivity contribution in [2.75, 3.05) is 24.0 Å². The summed E-state index contributed by atoms with van der Waals surface area (Å²) in [6.45, 7) is 0.130. The lowest BCUT2D eigenvalue weighted by Gasteiger charge is -2.17. The third kappa shape index (κ3) is 5.53. The van der Waals surface area contributed by atoms with E-state index in [0.717, 1.165) is 0 Å². The quantitative estimate of drug-likeness (QED) is 0.584. The Kier molecular flexibility index (Phi) is 6.66. The summed E-state index contributed by atoms with van der Waals surface area (Å²) in [5.41, 5.74) is 1.58. The van der Waals surface area contributed by atoms with Crippen molar-refractivity contribution in [3.8, 4) is 11.5 Å². The summed E-state index contributed by atoms with van der Waals surface area (Å²) in [6.07, 6.45) is -3.78. The van der Waals surface area contributed by atoms with Crippen molar-refractivity contribution in [2.45, 2.75) is 31.9 Å². The van der Waals surface area contributed by atoms with Crippen molar-refractivity contribution < 1.29 is 36.6 Å². The molecule has 1 heterocycles. The summed E-state index contributed by atoms with van der Waals surface area (Å²) < 4.78 is 65.3. The van der Waals surface area contributed by atoms with E-state index in [4.69, 9.17) is 14.2 Å². The molecule has 2 N–H and O–H groups in total. The molecule has 2 aromatic rings. The van der Waals surface area contributed by atoms with Crippen LogP contribution in [0.4, 0.5) is 28.9 Å². The van der Waals surface area contributed by atoms with E-state index in [1.54, 1.807) is 49.4 Å². The van der Waals surface area contributed by atoms with Gasteiger partial charge in [-0.2, -0.15) is 8.78 Å². The summed E-state index contributed by atoms with van der Waals surface area (Å²) in [5.74, 6) is -3.37. The zero-order valence-electron chi connectivity index (χ0n) is 16.0. The second-order valence-electron chi connectivity index (χ2n) is 6.68. The number of fused-ring (bicyclic) bond motifs is 1. The summed E-state index contributed by atoms with van der Waals surface area (Å²) in [4.78, 5) is 12.4. The lowest BCUT2D eigenvalue weighted by Crippen LogP contribution is -2.32. The summed E-state index contributed by atoms with van der Waals surface area (Å²) in [5, 5.41) is 5.74. The van der Waals surface area contributed by atoms with Gasteiger partial charge >= 0.3 is 12.3 Å². The van der Waals surface area contributed by atoms with Gasteiger partial charge in [-0.3, -0.25) is 4.79 Å². The number of halogens is 4. The number of carbonyl (C=O) groups excluding carboxylic acids is 1. The predicted octanol–water partition coefficient (Wildman–Crippen LogP) is 4.27. The number of ether oxygens (including phenoxy) is 3. The topological polar surface area (TPSA) is 68.8 Å². The summed E-state index contributed by atoms with van der Waals surface area (Å²) >= 11 is 0. The number of anilines is 2. The van der Waals surface area contributed by atoms with Crippen LogP contribution in [0.25, 0.3) is 0 Å². The smallest absolute Gasteiger partial charge is 0.330 e. The number of hydrogen-bond acceptors (Lipinski definition) is 5. The molecule has 1 aliphatic rings. The Hall–Kier alpha value is -3.01. The predicted molar refractivity (Wildman–Crippen MR) is 101 cm³/mol. The Morgan fingerprint density at radius 2 is 1.90 bits per heavy atom. The van der Waals surface area contributed by atoms with Gasteiger partial charge in [-0.1, -0.05) is 12.1 Å². The van der Waals surface area contributed by atoms with Gasteiger partial charge in [0.15, 0.2) is 11.5 Å². The third-order valence-corrected chi connectivity index (χ3v) is 4.23. The van der Waals surface area contributed by atoms with Crippen LogP contribution < -0.4 is 20.1 Å². The number of amides is 1. The SMILES string of the molecule is CC(Nc1cccc(COCC(F)(F)C(F)F)c1)C(=O)Nc1ccc2c(c1)OCO2. The molecule has 30 heavy (non-hydrogen) atoms. The highest BCUT2D eigenvalue weighted by atomic mass is 19.3. The largest absolute Gasteiger partial charge is 0.454 e. The molecule has 0 saturated heterocycles. The van der Waals surface area contributed by atoms with Crippen LogP contribution in [0, 0.1) is 0 Å². The molecule has 1 amide bonds. The summed E-state index contributed by atoms with van der Waals surface area (Å²) in [7, 11) is 0. The van der Waals surface area contributed by atoms with Crippen LogP contribution in [-0.2, 0) is 16.1 Å². The first-order valence-electron chi connectivity index (χ1n) is 9.04. The molecule has 162 valence electrons. The highest BCUT2D eigenvalue weighted by Gasteiger charge is 2.40. The fourth-order valence-corrected chi connectivity index (χ4v) is 2.66. The zero-order chi connectivity index (χ0) is 21.7. The van der Waals surface area contributed by atoms with Crippen LogP contribution in [-0.4, -0.2) is 37.7 Å². The lowest BCUT2D eigenvalue weighted by molar-refractivity contribution is -0.168. The number of alkyl halides is 4. The van der Waals surface area contributed by atoms with Crippen molar-refractivity contribution in [3.63, 3.8) is 0 Å². The van der Waals surface area contributed by atoms with E-state index >= 15 is 0 Å². The second kappa shape index (κ2) is 9.21. The Bertz CT molecular complexity index is 895. The first kappa shape index (κ1) is 21.7. The minimum absolute atomic E-state index is 0.129. The molecule has 0 saturated carbocycles. The molecule has 0 fully saturated rings. The van der Waals surface area contributed by atoms with Gasteiger partial charge in [0.2, 0.25) is 12.7 Å². The number of benzene rings is 2. The van der Waals surface area contributed by atoms with Gasteiger partial charge in [-0.05, 0) is 36.8 Å². The minimum atomic E-state index is -4.20. The second-order valence-corrected chi connectivity index (χ2v) is 6.68. The van der Waals surface area contributed by atoms with Crippen LogP contribution in [0.3, 0.4) is 0 Å². The van der Waals surface area contributed by atoms with Gasteiger partial charge in [0, 0.05) is 17.4 Å². The molecule has 6 nitrogen and oxygen atoms in total. The summed E-state index contributed by atoms with van der Waals surface area (Å²) in [6, 6.07) is 10.9. The van der Waals surface area contributed by atoms with E-state index in [9.17, 15) is 22.4 Å². The Labute approximate surface area is 170 Å². The standard InChI is InChI=1S/C20H20F4N2O4/c1-12(18(27)26-15-5-6-16-17(8-15)30-11-29-16)25-14-4-2-3-13(7-14)9-28-10-20(23,24)19(21)22/h2-8,12,19,25H,9-11H2,1H3,(H,26,27). The van der Waals surface area contributed by atoms with Gasteiger partial charge in [-0.25, -0.2) is 8.78 Å². The van der Waals surface area contributed by atoms with E-state index in [1.807, 2.05) is 0 Å². The monoisotopic (exact) mass is 428 g/mol. The van der Waals surface area contributed by atoms with Crippen LogP contribution in [0.5, 0.6) is 11.5 Å². The molecule has 1 unspecified atom stereocenters. The fraction of sp³-hybridized carbons (Fsp3) is 0.350. The maximum atomic E-state index is 12.9. The molecule has 0 bridgehead atoms. The molecular formula is C20H20F4N2O4. The first-order chi connectivity index (χ1) is 14.2. The maximum absolute atomic E-state index is 12.9. The zero-order valence-corrected chi connectivity index (χ0v) is 16.0. The van der Waals surface area contributed by atoms with E-state index in [0.29, 0.717) is 28.4 Å². The van der Waals surface area contributed by atoms with Crippen LogP contribution >= 0.6 is 0 Å². The molecule has 2 aromatic carbocycles. The van der Waals surface area contributed by atoms with Crippen molar-refractivity contribution in [3.05, 3.63) is 48.0 Å². The molecule has 1 atom stereocenters. The maximum Gasteiger partial charge on any atom is 0.330 e. The van der Waals surface area contributed by atoms with Crippen LogP contribution in [0.2, 0.25) is 0 Å². The van der Waals surface area contributed by atoms with Gasteiger partial charge < -0.3 is 24.8 Å². The Morgan fingerprint density at radius 3 is 2.67 bits per heavy atom. The lowest BCUT2D eigenvalue weighted by atomic mass is 10.2. The average molecular weight is 428 g/mol. The molecule has 1 aliphatic heterocycles. The van der Waals surface area contributed by atoms with Gasteiger partial charge in [0.25, 0.3) is 0 Å². The number of hydrogen-bond donors (Lipinski definition) is 2. The molecule has 0 radical (unpaired) electrons. The van der Waals surface area contributed by atoms with Crippen molar-refractivity contribution in [1.82, 2.24) is 0 Å². The van der Waals surface area contributed by atoms with E-state index in [-0.39, 0.29) is 19.3 Å². The van der Waals surface area contributed by atoms with E-state index < -0.39 is 25.0 Å². The molecule has 10 heteroatoms. The van der Waals surface area contributed by atoms with Crippen molar-refractivity contribution >= 4 is 17.3 Å². The average Bonchev–Trinajstić information content (AvgIpc) is 3.16. The molecule has 3 rings (SSSR count). The van der Waals surface area contributed by atoms with Crippen molar-refractivity contribution in [1.29, 1.82) is 0 Å². The first-order valence-corrected chi connectivity index (χ1v) is 9.04. The molecular weight excluding hydrogens is 408 g/mol. The Balaban J connectivity index is 1.52. The highest BCUT2D eigenvalue weighted by Crippen LogP contribution is 2.34. The van der Waals surface area contributed by atoms with Crippen molar-refractivity contribution in [2.24, 2.45) is 0 Å². The Morgan fingerprint density at radius 1 is 1.13 bits per heavy atom. The van der Waals surface area contributed by atoms with Gasteiger partial charge in [0.05, 0.1) is 6.61 Å². The van der Waals surface area contributed by atoms with Gasteiger partial charge in [0.1, 0.15) is 12.6 Å². The highest BCUT2D eigenvalue weighted by molar-refractivity contribution is 5.96. The molecule has 0 aromatic heterocycles. The number of rotatable bonds is 9. The number of nitrogens with one attached hydrogen (secondary N) is 2. The van der Waals surface area contributed by atoms with E-state index in [2.05, 4.69) is 10.6 Å². The molecule has 0 aliphatic carbocycles. The third-order valence-electron chi connectivity index (χ3n) is 4.23. The van der Waals surface area contributed by atoms with Crippen LogP contribution in [0.15, 0.2) is 42.5 Å². The normalized spacial score (nSPS) is 13.9. The minimum Gasteiger partial charge on any atom is -0.454 e. The molecule has 0 spiro atoms. The fourth-order valence-electron chi connectivity index (χ4n) is 2.66.